The fourth-order valence-electron chi connectivity index (χ4n) is 2.10. The molecule has 2 N–H and O–H groups in total. The van der Waals surface area contributed by atoms with E-state index in [1.807, 2.05) is 6.07 Å². The maximum atomic E-state index is 12.4. The zero-order chi connectivity index (χ0) is 14.9. The maximum absolute atomic E-state index is 12.4. The summed E-state index contributed by atoms with van der Waals surface area (Å²) in [5.74, 6) is 0.105. The van der Waals surface area contributed by atoms with Crippen molar-refractivity contribution in [3.8, 4) is 5.75 Å². The summed E-state index contributed by atoms with van der Waals surface area (Å²) in [4.78, 5) is 0.157. The molecule has 106 valence electrons. The van der Waals surface area contributed by atoms with E-state index in [1.54, 1.807) is 54.6 Å². The van der Waals surface area contributed by atoms with Crippen LogP contribution in [-0.2, 0) is 10.0 Å². The van der Waals surface area contributed by atoms with Crippen LogP contribution in [0.5, 0.6) is 5.75 Å². The number of phenols is 1. The van der Waals surface area contributed by atoms with Gasteiger partial charge >= 0.3 is 0 Å². The molecule has 0 aliphatic rings. The van der Waals surface area contributed by atoms with Crippen molar-refractivity contribution in [2.24, 2.45) is 0 Å². The molecular formula is C16H13NO3S. The molecule has 3 rings (SSSR count). The Kier molecular flexibility index (Phi) is 3.27. The Morgan fingerprint density at radius 1 is 0.810 bits per heavy atom. The van der Waals surface area contributed by atoms with E-state index in [0.29, 0.717) is 11.1 Å². The van der Waals surface area contributed by atoms with Gasteiger partial charge in [0.1, 0.15) is 5.75 Å². The van der Waals surface area contributed by atoms with E-state index in [0.717, 1.165) is 5.39 Å². The van der Waals surface area contributed by atoms with Crippen LogP contribution in [0.2, 0.25) is 0 Å². The number of rotatable bonds is 3. The molecule has 4 nitrogen and oxygen atoms in total. The lowest BCUT2D eigenvalue weighted by molar-refractivity contribution is 0.476. The van der Waals surface area contributed by atoms with Gasteiger partial charge in [-0.15, -0.1) is 0 Å². The Bertz CT molecular complexity index is 890. The van der Waals surface area contributed by atoms with Crippen LogP contribution in [-0.4, -0.2) is 13.5 Å². The maximum Gasteiger partial charge on any atom is 0.261 e. The molecule has 3 aromatic rings. The fraction of sp³-hybridized carbons (Fsp3) is 0. The fourth-order valence-corrected chi connectivity index (χ4v) is 3.19. The van der Waals surface area contributed by atoms with Crippen molar-refractivity contribution < 1.29 is 13.5 Å². The highest BCUT2D eigenvalue weighted by atomic mass is 32.2. The SMILES string of the molecule is O=S(=O)(Nc1ccccc1)c1ccc2ccc(O)cc2c1. The van der Waals surface area contributed by atoms with E-state index in [1.165, 1.54) is 6.07 Å². The Morgan fingerprint density at radius 2 is 1.52 bits per heavy atom. The first-order valence-corrected chi connectivity index (χ1v) is 7.84. The average Bonchev–Trinajstić information content (AvgIpc) is 2.47. The van der Waals surface area contributed by atoms with Crippen molar-refractivity contribution in [1.82, 2.24) is 0 Å². The number of hydrogen-bond acceptors (Lipinski definition) is 3. The van der Waals surface area contributed by atoms with Crippen molar-refractivity contribution in [2.45, 2.75) is 4.90 Å². The number of aromatic hydroxyl groups is 1. The molecule has 0 aromatic heterocycles. The predicted octanol–water partition coefficient (Wildman–Crippen LogP) is 3.35. The van der Waals surface area contributed by atoms with Crippen LogP contribution in [0.15, 0.2) is 71.6 Å². The van der Waals surface area contributed by atoms with Crippen LogP contribution < -0.4 is 4.72 Å². The lowest BCUT2D eigenvalue weighted by Crippen LogP contribution is -2.12. The first-order valence-electron chi connectivity index (χ1n) is 6.35. The summed E-state index contributed by atoms with van der Waals surface area (Å²) in [7, 11) is -3.65. The summed E-state index contributed by atoms with van der Waals surface area (Å²) in [6.45, 7) is 0. The molecule has 3 aromatic carbocycles. The molecule has 0 bridgehead atoms. The van der Waals surface area contributed by atoms with Crippen LogP contribution in [0.4, 0.5) is 5.69 Å². The van der Waals surface area contributed by atoms with E-state index >= 15 is 0 Å². The minimum absolute atomic E-state index is 0.105. The highest BCUT2D eigenvalue weighted by Crippen LogP contribution is 2.24. The largest absolute Gasteiger partial charge is 0.508 e. The zero-order valence-corrected chi connectivity index (χ0v) is 11.8. The molecule has 0 heterocycles. The van der Waals surface area contributed by atoms with Crippen LogP contribution in [0, 0.1) is 0 Å². The molecule has 0 aliphatic heterocycles. The Balaban J connectivity index is 2.02. The Morgan fingerprint density at radius 3 is 2.29 bits per heavy atom. The van der Waals surface area contributed by atoms with Crippen molar-refractivity contribution in [3.63, 3.8) is 0 Å². The third-order valence-corrected chi connectivity index (χ3v) is 4.51. The summed E-state index contributed by atoms with van der Waals surface area (Å²) in [5.41, 5.74) is 0.508. The number of benzene rings is 3. The summed E-state index contributed by atoms with van der Waals surface area (Å²) >= 11 is 0. The average molecular weight is 299 g/mol. The quantitative estimate of drug-likeness (QED) is 0.779. The normalized spacial score (nSPS) is 11.4. The minimum Gasteiger partial charge on any atom is -0.508 e. The van der Waals surface area contributed by atoms with Gasteiger partial charge in [-0.3, -0.25) is 4.72 Å². The van der Waals surface area contributed by atoms with Gasteiger partial charge in [-0.1, -0.05) is 30.3 Å². The van der Waals surface area contributed by atoms with Gasteiger partial charge in [0, 0.05) is 5.69 Å². The van der Waals surface area contributed by atoms with E-state index in [-0.39, 0.29) is 10.6 Å². The van der Waals surface area contributed by atoms with Crippen molar-refractivity contribution in [3.05, 3.63) is 66.7 Å². The molecule has 0 unspecified atom stereocenters. The van der Waals surface area contributed by atoms with Crippen LogP contribution >= 0.6 is 0 Å². The number of fused-ring (bicyclic) bond motifs is 1. The lowest BCUT2D eigenvalue weighted by atomic mass is 10.1. The van der Waals surface area contributed by atoms with Crippen molar-refractivity contribution >= 4 is 26.5 Å². The van der Waals surface area contributed by atoms with Crippen LogP contribution in [0.25, 0.3) is 10.8 Å². The van der Waals surface area contributed by atoms with E-state index < -0.39 is 10.0 Å². The molecule has 5 heteroatoms. The van der Waals surface area contributed by atoms with E-state index in [2.05, 4.69) is 4.72 Å². The van der Waals surface area contributed by atoms with Gasteiger partial charge in [0.25, 0.3) is 10.0 Å². The van der Waals surface area contributed by atoms with Crippen LogP contribution in [0.1, 0.15) is 0 Å². The first-order chi connectivity index (χ1) is 10.0. The molecule has 21 heavy (non-hydrogen) atoms. The van der Waals surface area contributed by atoms with Crippen molar-refractivity contribution in [2.75, 3.05) is 4.72 Å². The van der Waals surface area contributed by atoms with Crippen molar-refractivity contribution in [1.29, 1.82) is 0 Å². The summed E-state index contributed by atoms with van der Waals surface area (Å²) in [6, 6.07) is 18.4. The van der Waals surface area contributed by atoms with Gasteiger partial charge in [0.05, 0.1) is 4.90 Å². The lowest BCUT2D eigenvalue weighted by Gasteiger charge is -2.09. The molecule has 0 saturated heterocycles. The number of hydrogen-bond donors (Lipinski definition) is 2. The number of para-hydroxylation sites is 1. The van der Waals surface area contributed by atoms with Gasteiger partial charge < -0.3 is 5.11 Å². The molecule has 0 saturated carbocycles. The number of nitrogens with one attached hydrogen (secondary N) is 1. The second-order valence-electron chi connectivity index (χ2n) is 4.66. The number of phenolic OH excluding ortho intramolecular Hbond substituents is 1. The molecule has 0 fully saturated rings. The van der Waals surface area contributed by atoms with Gasteiger partial charge in [0.2, 0.25) is 0 Å². The molecule has 0 radical (unpaired) electrons. The van der Waals surface area contributed by atoms with Crippen LogP contribution in [0.3, 0.4) is 0 Å². The molecule has 0 atom stereocenters. The zero-order valence-electron chi connectivity index (χ0n) is 11.0. The van der Waals surface area contributed by atoms with E-state index in [9.17, 15) is 13.5 Å². The monoisotopic (exact) mass is 299 g/mol. The minimum atomic E-state index is -3.65. The summed E-state index contributed by atoms with van der Waals surface area (Å²) in [5, 5.41) is 11.0. The molecule has 0 spiro atoms. The summed E-state index contributed by atoms with van der Waals surface area (Å²) in [6.07, 6.45) is 0. The molecule has 0 aliphatic carbocycles. The third kappa shape index (κ3) is 2.83. The highest BCUT2D eigenvalue weighted by molar-refractivity contribution is 7.92. The topological polar surface area (TPSA) is 66.4 Å². The first kappa shape index (κ1) is 13.5. The van der Waals surface area contributed by atoms with Gasteiger partial charge in [-0.05, 0) is 47.2 Å². The standard InChI is InChI=1S/C16H13NO3S/c18-15-8-6-12-7-9-16(11-13(12)10-15)21(19,20)17-14-4-2-1-3-5-14/h1-11,17-18H. The smallest absolute Gasteiger partial charge is 0.261 e. The van der Waals surface area contributed by atoms with E-state index in [4.69, 9.17) is 0 Å². The highest BCUT2D eigenvalue weighted by Gasteiger charge is 2.14. The second-order valence-corrected chi connectivity index (χ2v) is 6.35. The Hall–Kier alpha value is -2.53. The van der Waals surface area contributed by atoms with Gasteiger partial charge in [-0.25, -0.2) is 8.42 Å². The number of anilines is 1. The summed E-state index contributed by atoms with van der Waals surface area (Å²) < 4.78 is 27.2. The molecule has 0 amide bonds. The van der Waals surface area contributed by atoms with Gasteiger partial charge in [-0.2, -0.15) is 0 Å². The number of sulfonamides is 1. The second kappa shape index (κ2) is 5.10. The van der Waals surface area contributed by atoms with Gasteiger partial charge in [0.15, 0.2) is 0 Å². The molecular weight excluding hydrogens is 286 g/mol. The third-order valence-electron chi connectivity index (χ3n) is 3.13. The Labute approximate surface area is 122 Å². The predicted molar refractivity (Wildman–Crippen MR) is 82.9 cm³/mol.